The number of rotatable bonds is 4. The third-order valence-electron chi connectivity index (χ3n) is 3.11. The molecule has 0 saturated heterocycles. The molecule has 0 heterocycles. The maximum Gasteiger partial charge on any atom is 0.332 e. The molecule has 0 amide bonds. The summed E-state index contributed by atoms with van der Waals surface area (Å²) in [5.41, 5.74) is 2.70. The number of aryl methyl sites for hydroxylation is 1. The maximum absolute atomic E-state index is 12.1. The van der Waals surface area contributed by atoms with Crippen molar-refractivity contribution in [1.82, 2.24) is 0 Å². The molecular formula is C16H15BrClNO2. The van der Waals surface area contributed by atoms with Crippen molar-refractivity contribution in [2.24, 2.45) is 0 Å². The number of halogens is 2. The molecule has 0 radical (unpaired) electrons. The van der Waals surface area contributed by atoms with Crippen molar-refractivity contribution in [3.05, 3.63) is 63.1 Å². The van der Waals surface area contributed by atoms with E-state index in [0.717, 1.165) is 21.3 Å². The van der Waals surface area contributed by atoms with Crippen molar-refractivity contribution >= 4 is 39.2 Å². The normalized spacial score (nSPS) is 11.8. The molecule has 0 bridgehead atoms. The van der Waals surface area contributed by atoms with Crippen LogP contribution < -0.4 is 5.32 Å². The Kier molecular flexibility index (Phi) is 5.26. The predicted molar refractivity (Wildman–Crippen MR) is 88.7 cm³/mol. The smallest absolute Gasteiger partial charge is 0.332 e. The minimum absolute atomic E-state index is 0.341. The molecule has 2 aromatic carbocycles. The molecule has 1 N–H and O–H groups in total. The summed E-state index contributed by atoms with van der Waals surface area (Å²) in [6.45, 7) is 1.98. The molecule has 2 aromatic rings. The Labute approximate surface area is 137 Å². The highest BCUT2D eigenvalue weighted by atomic mass is 79.9. The van der Waals surface area contributed by atoms with Gasteiger partial charge < -0.3 is 10.1 Å². The lowest BCUT2D eigenvalue weighted by atomic mass is 10.0. The Balaban J connectivity index is 2.31. The van der Waals surface area contributed by atoms with Crippen LogP contribution in [-0.4, -0.2) is 13.1 Å². The molecule has 0 aliphatic rings. The lowest BCUT2D eigenvalue weighted by Gasteiger charge is -2.19. The summed E-state index contributed by atoms with van der Waals surface area (Å²) < 4.78 is 5.89. The second kappa shape index (κ2) is 6.96. The zero-order valence-electron chi connectivity index (χ0n) is 11.7. The zero-order chi connectivity index (χ0) is 15.4. The molecule has 0 aliphatic carbocycles. The van der Waals surface area contributed by atoms with Gasteiger partial charge in [0.2, 0.25) is 0 Å². The molecule has 0 aromatic heterocycles. The van der Waals surface area contributed by atoms with Crippen LogP contribution in [0, 0.1) is 6.92 Å². The Morgan fingerprint density at radius 3 is 2.48 bits per heavy atom. The minimum atomic E-state index is -0.567. The summed E-state index contributed by atoms with van der Waals surface area (Å²) in [5.74, 6) is -0.341. The fraction of sp³-hybridized carbons (Fsp3) is 0.188. The molecular weight excluding hydrogens is 354 g/mol. The Morgan fingerprint density at radius 1 is 1.24 bits per heavy atom. The highest BCUT2D eigenvalue weighted by Crippen LogP contribution is 2.26. The fourth-order valence-corrected chi connectivity index (χ4v) is 2.33. The molecule has 0 spiro atoms. The number of hydrogen-bond acceptors (Lipinski definition) is 3. The average Bonchev–Trinajstić information content (AvgIpc) is 2.49. The van der Waals surface area contributed by atoms with E-state index in [2.05, 4.69) is 21.2 Å². The largest absolute Gasteiger partial charge is 0.467 e. The lowest BCUT2D eigenvalue weighted by molar-refractivity contribution is -0.141. The van der Waals surface area contributed by atoms with E-state index in [1.807, 2.05) is 37.3 Å². The quantitative estimate of drug-likeness (QED) is 0.792. The van der Waals surface area contributed by atoms with E-state index in [0.29, 0.717) is 5.02 Å². The van der Waals surface area contributed by atoms with Crippen LogP contribution in [0.15, 0.2) is 46.9 Å². The number of benzene rings is 2. The third-order valence-corrected chi connectivity index (χ3v) is 4.25. The number of nitrogens with one attached hydrogen (secondary N) is 1. The van der Waals surface area contributed by atoms with E-state index in [-0.39, 0.29) is 5.97 Å². The predicted octanol–water partition coefficient (Wildman–Crippen LogP) is 4.74. The number of carbonyl (C=O) groups is 1. The zero-order valence-corrected chi connectivity index (χ0v) is 14.0. The van der Waals surface area contributed by atoms with Gasteiger partial charge in [-0.3, -0.25) is 0 Å². The summed E-state index contributed by atoms with van der Waals surface area (Å²) in [7, 11) is 1.38. The molecule has 0 fully saturated rings. The number of anilines is 1. The van der Waals surface area contributed by atoms with Gasteiger partial charge in [0, 0.05) is 15.2 Å². The van der Waals surface area contributed by atoms with Gasteiger partial charge in [-0.2, -0.15) is 0 Å². The molecule has 2 rings (SSSR count). The first-order valence-corrected chi connectivity index (χ1v) is 7.54. The van der Waals surface area contributed by atoms with E-state index in [1.165, 1.54) is 7.11 Å². The van der Waals surface area contributed by atoms with E-state index >= 15 is 0 Å². The van der Waals surface area contributed by atoms with Gasteiger partial charge in [0.15, 0.2) is 6.04 Å². The summed E-state index contributed by atoms with van der Waals surface area (Å²) in [6.07, 6.45) is 0. The van der Waals surface area contributed by atoms with E-state index in [9.17, 15) is 4.79 Å². The molecule has 1 atom stereocenters. The van der Waals surface area contributed by atoms with Crippen LogP contribution in [0.4, 0.5) is 5.69 Å². The average molecular weight is 369 g/mol. The standard InChI is InChI=1S/C16H15BrClNO2/c1-10-9-11(3-8-14(10)17)15(16(20)21-2)19-13-6-4-12(18)5-7-13/h3-9,15,19H,1-2H3. The molecule has 110 valence electrons. The Morgan fingerprint density at radius 2 is 1.90 bits per heavy atom. The second-order valence-electron chi connectivity index (χ2n) is 4.62. The van der Waals surface area contributed by atoms with Gasteiger partial charge in [-0.15, -0.1) is 0 Å². The summed E-state index contributed by atoms with van der Waals surface area (Å²) in [4.78, 5) is 12.1. The molecule has 3 nitrogen and oxygen atoms in total. The van der Waals surface area contributed by atoms with Gasteiger partial charge >= 0.3 is 5.97 Å². The number of esters is 1. The van der Waals surface area contributed by atoms with E-state index in [1.54, 1.807) is 12.1 Å². The first-order valence-electron chi connectivity index (χ1n) is 6.37. The lowest BCUT2D eigenvalue weighted by Crippen LogP contribution is -2.22. The second-order valence-corrected chi connectivity index (χ2v) is 5.91. The topological polar surface area (TPSA) is 38.3 Å². The molecule has 0 saturated carbocycles. The van der Waals surface area contributed by atoms with Crippen LogP contribution in [0.25, 0.3) is 0 Å². The monoisotopic (exact) mass is 367 g/mol. The van der Waals surface area contributed by atoms with Crippen molar-refractivity contribution in [3.63, 3.8) is 0 Å². The van der Waals surface area contributed by atoms with Gasteiger partial charge in [0.25, 0.3) is 0 Å². The molecule has 5 heteroatoms. The SMILES string of the molecule is COC(=O)C(Nc1ccc(Cl)cc1)c1ccc(Br)c(C)c1. The van der Waals surface area contributed by atoms with Gasteiger partial charge in [-0.05, 0) is 48.4 Å². The summed E-state index contributed by atoms with van der Waals surface area (Å²) in [5, 5.41) is 3.82. The van der Waals surface area contributed by atoms with Crippen LogP contribution in [0.5, 0.6) is 0 Å². The van der Waals surface area contributed by atoms with Crippen LogP contribution in [0.2, 0.25) is 5.02 Å². The summed E-state index contributed by atoms with van der Waals surface area (Å²) >= 11 is 9.32. The highest BCUT2D eigenvalue weighted by molar-refractivity contribution is 9.10. The first kappa shape index (κ1) is 15.9. The van der Waals surface area contributed by atoms with Crippen molar-refractivity contribution in [2.75, 3.05) is 12.4 Å². The molecule has 0 aliphatic heterocycles. The fourth-order valence-electron chi connectivity index (χ4n) is 1.96. The molecule has 21 heavy (non-hydrogen) atoms. The Hall–Kier alpha value is -1.52. The van der Waals surface area contributed by atoms with Crippen LogP contribution in [0.1, 0.15) is 17.2 Å². The van der Waals surface area contributed by atoms with Crippen LogP contribution in [-0.2, 0) is 9.53 Å². The van der Waals surface area contributed by atoms with Crippen molar-refractivity contribution in [2.45, 2.75) is 13.0 Å². The van der Waals surface area contributed by atoms with Crippen LogP contribution in [0.3, 0.4) is 0 Å². The summed E-state index contributed by atoms with van der Waals surface area (Å²) in [6, 6.07) is 12.4. The van der Waals surface area contributed by atoms with Crippen LogP contribution >= 0.6 is 27.5 Å². The maximum atomic E-state index is 12.1. The van der Waals surface area contributed by atoms with Crippen molar-refractivity contribution < 1.29 is 9.53 Å². The van der Waals surface area contributed by atoms with Gasteiger partial charge in [0.05, 0.1) is 7.11 Å². The van der Waals surface area contributed by atoms with E-state index < -0.39 is 6.04 Å². The number of methoxy groups -OCH3 is 1. The molecule has 1 unspecified atom stereocenters. The van der Waals surface area contributed by atoms with Gasteiger partial charge in [0.1, 0.15) is 0 Å². The van der Waals surface area contributed by atoms with Gasteiger partial charge in [-0.25, -0.2) is 4.79 Å². The third kappa shape index (κ3) is 3.99. The number of hydrogen-bond donors (Lipinski definition) is 1. The van der Waals surface area contributed by atoms with Gasteiger partial charge in [-0.1, -0.05) is 39.7 Å². The first-order chi connectivity index (χ1) is 10.0. The minimum Gasteiger partial charge on any atom is -0.467 e. The highest BCUT2D eigenvalue weighted by Gasteiger charge is 2.21. The Bertz CT molecular complexity index is 643. The number of ether oxygens (including phenoxy) is 1. The van der Waals surface area contributed by atoms with E-state index in [4.69, 9.17) is 16.3 Å². The number of carbonyl (C=O) groups excluding carboxylic acids is 1. The van der Waals surface area contributed by atoms with Crippen molar-refractivity contribution in [3.8, 4) is 0 Å². The van der Waals surface area contributed by atoms with Crippen molar-refractivity contribution in [1.29, 1.82) is 0 Å².